The second-order valence-electron chi connectivity index (χ2n) is 3.99. The van der Waals surface area contributed by atoms with Gasteiger partial charge in [-0.25, -0.2) is 9.37 Å². The van der Waals surface area contributed by atoms with Gasteiger partial charge in [0.1, 0.15) is 17.9 Å². The van der Waals surface area contributed by atoms with Gasteiger partial charge >= 0.3 is 0 Å². The molecule has 0 saturated heterocycles. The minimum atomic E-state index is -0.533. The molecule has 0 unspecified atom stereocenters. The highest BCUT2D eigenvalue weighted by Crippen LogP contribution is 2.13. The van der Waals surface area contributed by atoms with Gasteiger partial charge in [-0.1, -0.05) is 0 Å². The van der Waals surface area contributed by atoms with Crippen LogP contribution in [0.25, 0.3) is 10.9 Å². The number of hydrogen-bond donors (Lipinski definition) is 1. The largest absolute Gasteiger partial charge is 0.358 e. The number of carbonyl (C=O) groups excluding carboxylic acids is 1. The molecule has 0 aliphatic rings. The van der Waals surface area contributed by atoms with Crippen molar-refractivity contribution in [3.63, 3.8) is 0 Å². The first-order valence-electron chi connectivity index (χ1n) is 5.39. The smallest absolute Gasteiger partial charge is 0.261 e. The van der Waals surface area contributed by atoms with Crippen molar-refractivity contribution < 1.29 is 9.18 Å². The van der Waals surface area contributed by atoms with E-state index in [1.807, 2.05) is 0 Å². The molecule has 94 valence electrons. The molecule has 0 spiro atoms. The average molecular weight is 249 g/mol. The number of aryl methyl sites for hydroxylation is 1. The lowest BCUT2D eigenvalue weighted by Crippen LogP contribution is -2.30. The Morgan fingerprint density at radius 1 is 1.50 bits per heavy atom. The monoisotopic (exact) mass is 249 g/mol. The van der Waals surface area contributed by atoms with Crippen molar-refractivity contribution in [1.82, 2.24) is 14.9 Å². The number of fused-ring (bicyclic) bond motifs is 1. The summed E-state index contributed by atoms with van der Waals surface area (Å²) in [5.41, 5.74) is 0.238. The van der Waals surface area contributed by atoms with Crippen LogP contribution in [0.3, 0.4) is 0 Å². The first-order chi connectivity index (χ1) is 8.52. The third kappa shape index (κ3) is 2.09. The maximum atomic E-state index is 13.6. The van der Waals surface area contributed by atoms with Crippen LogP contribution in [-0.4, -0.2) is 22.5 Å². The minimum Gasteiger partial charge on any atom is -0.358 e. The van der Waals surface area contributed by atoms with Gasteiger partial charge < -0.3 is 5.32 Å². The van der Waals surface area contributed by atoms with E-state index in [9.17, 15) is 14.0 Å². The van der Waals surface area contributed by atoms with E-state index >= 15 is 0 Å². The Balaban J connectivity index is 2.64. The summed E-state index contributed by atoms with van der Waals surface area (Å²) < 4.78 is 14.8. The normalized spacial score (nSPS) is 10.6. The summed E-state index contributed by atoms with van der Waals surface area (Å²) in [6.07, 6.45) is 1.18. The molecular weight excluding hydrogens is 237 g/mol. The van der Waals surface area contributed by atoms with E-state index in [0.717, 1.165) is 4.57 Å². The summed E-state index contributed by atoms with van der Waals surface area (Å²) >= 11 is 0. The van der Waals surface area contributed by atoms with Gasteiger partial charge in [0.15, 0.2) is 0 Å². The quantitative estimate of drug-likeness (QED) is 0.847. The maximum Gasteiger partial charge on any atom is 0.261 e. The van der Waals surface area contributed by atoms with Crippen LogP contribution in [0, 0.1) is 12.7 Å². The molecule has 1 amide bonds. The standard InChI is InChI=1S/C12H12FN3O2/c1-7-3-8-11(9(13)4-7)15-6-16(12(8)18)5-10(17)14-2/h3-4,6H,5H2,1-2H3,(H,14,17). The van der Waals surface area contributed by atoms with Crippen LogP contribution in [0.5, 0.6) is 0 Å². The van der Waals surface area contributed by atoms with E-state index in [4.69, 9.17) is 0 Å². The molecule has 1 heterocycles. The number of nitrogens with one attached hydrogen (secondary N) is 1. The summed E-state index contributed by atoms with van der Waals surface area (Å²) in [5.74, 6) is -0.847. The molecule has 5 nitrogen and oxygen atoms in total. The van der Waals surface area contributed by atoms with E-state index in [0.29, 0.717) is 5.56 Å². The summed E-state index contributed by atoms with van der Waals surface area (Å²) in [7, 11) is 1.48. The summed E-state index contributed by atoms with van der Waals surface area (Å²) in [5, 5.41) is 2.59. The van der Waals surface area contributed by atoms with Gasteiger partial charge in [0.2, 0.25) is 5.91 Å². The molecule has 0 saturated carbocycles. The molecule has 2 aromatic rings. The first kappa shape index (κ1) is 12.2. The van der Waals surface area contributed by atoms with E-state index < -0.39 is 11.4 Å². The molecule has 0 fully saturated rings. The Labute approximate surface area is 102 Å². The number of hydrogen-bond acceptors (Lipinski definition) is 3. The van der Waals surface area contributed by atoms with E-state index in [2.05, 4.69) is 10.3 Å². The Kier molecular flexibility index (Phi) is 3.10. The Morgan fingerprint density at radius 3 is 2.89 bits per heavy atom. The number of benzene rings is 1. The second-order valence-corrected chi connectivity index (χ2v) is 3.99. The Bertz CT molecular complexity index is 679. The van der Waals surface area contributed by atoms with Crippen LogP contribution in [-0.2, 0) is 11.3 Å². The number of nitrogens with zero attached hydrogens (tertiary/aromatic N) is 2. The van der Waals surface area contributed by atoms with E-state index in [-0.39, 0.29) is 23.4 Å². The van der Waals surface area contributed by atoms with Crippen molar-refractivity contribution in [2.45, 2.75) is 13.5 Å². The van der Waals surface area contributed by atoms with Gasteiger partial charge in [-0.2, -0.15) is 0 Å². The molecule has 0 radical (unpaired) electrons. The third-order valence-electron chi connectivity index (χ3n) is 2.62. The fourth-order valence-corrected chi connectivity index (χ4v) is 1.71. The molecule has 0 aliphatic carbocycles. The van der Waals surface area contributed by atoms with E-state index in [1.54, 1.807) is 13.0 Å². The van der Waals surface area contributed by atoms with Crippen LogP contribution in [0.4, 0.5) is 4.39 Å². The van der Waals surface area contributed by atoms with Crippen molar-refractivity contribution in [3.05, 3.63) is 40.2 Å². The van der Waals surface area contributed by atoms with Crippen molar-refractivity contribution >= 4 is 16.8 Å². The highest BCUT2D eigenvalue weighted by Gasteiger charge is 2.10. The van der Waals surface area contributed by atoms with Crippen LogP contribution in [0.1, 0.15) is 5.56 Å². The summed E-state index contributed by atoms with van der Waals surface area (Å²) in [6.45, 7) is 1.56. The summed E-state index contributed by atoms with van der Waals surface area (Å²) in [4.78, 5) is 27.2. The van der Waals surface area contributed by atoms with Crippen LogP contribution in [0.15, 0.2) is 23.3 Å². The fourth-order valence-electron chi connectivity index (χ4n) is 1.71. The zero-order chi connectivity index (χ0) is 13.3. The van der Waals surface area contributed by atoms with Gasteiger partial charge in [-0.3, -0.25) is 14.2 Å². The van der Waals surface area contributed by atoms with Gasteiger partial charge in [0, 0.05) is 7.05 Å². The molecule has 0 bridgehead atoms. The fraction of sp³-hybridized carbons (Fsp3) is 0.250. The third-order valence-corrected chi connectivity index (χ3v) is 2.62. The Hall–Kier alpha value is -2.24. The van der Waals surface area contributed by atoms with Crippen molar-refractivity contribution in [1.29, 1.82) is 0 Å². The number of carbonyl (C=O) groups is 1. The van der Waals surface area contributed by atoms with Gasteiger partial charge in [0.25, 0.3) is 5.56 Å². The lowest BCUT2D eigenvalue weighted by molar-refractivity contribution is -0.121. The number of likely N-dealkylation sites (N-methyl/N-ethyl adjacent to an activating group) is 1. The number of amides is 1. The molecule has 1 aromatic carbocycles. The lowest BCUT2D eigenvalue weighted by Gasteiger charge is -2.06. The van der Waals surface area contributed by atoms with E-state index in [1.165, 1.54) is 19.4 Å². The van der Waals surface area contributed by atoms with Crippen molar-refractivity contribution in [2.75, 3.05) is 7.05 Å². The van der Waals surface area contributed by atoms with Crippen LogP contribution >= 0.6 is 0 Å². The van der Waals surface area contributed by atoms with Gasteiger partial charge in [-0.05, 0) is 24.6 Å². The summed E-state index contributed by atoms with van der Waals surface area (Å²) in [6, 6.07) is 2.88. The molecule has 2 rings (SSSR count). The molecular formula is C12H12FN3O2. The molecule has 1 N–H and O–H groups in total. The SMILES string of the molecule is CNC(=O)Cn1cnc2c(F)cc(C)cc2c1=O. The molecule has 0 atom stereocenters. The second kappa shape index (κ2) is 4.56. The van der Waals surface area contributed by atoms with Gasteiger partial charge in [0.05, 0.1) is 11.7 Å². The minimum absolute atomic E-state index is 0.0266. The highest BCUT2D eigenvalue weighted by molar-refractivity contribution is 5.79. The molecule has 1 aromatic heterocycles. The van der Waals surface area contributed by atoms with Crippen molar-refractivity contribution in [3.8, 4) is 0 Å². The topological polar surface area (TPSA) is 64.0 Å². The van der Waals surface area contributed by atoms with Crippen LogP contribution < -0.4 is 10.9 Å². The molecule has 18 heavy (non-hydrogen) atoms. The predicted molar refractivity (Wildman–Crippen MR) is 64.8 cm³/mol. The Morgan fingerprint density at radius 2 is 2.22 bits per heavy atom. The van der Waals surface area contributed by atoms with Crippen LogP contribution in [0.2, 0.25) is 0 Å². The molecule has 0 aliphatic heterocycles. The number of halogens is 1. The number of aromatic nitrogens is 2. The zero-order valence-electron chi connectivity index (χ0n) is 10.0. The molecule has 6 heteroatoms. The lowest BCUT2D eigenvalue weighted by atomic mass is 10.1. The van der Waals surface area contributed by atoms with Gasteiger partial charge in [-0.15, -0.1) is 0 Å². The number of rotatable bonds is 2. The van der Waals surface area contributed by atoms with Crippen molar-refractivity contribution in [2.24, 2.45) is 0 Å². The zero-order valence-corrected chi connectivity index (χ0v) is 10.0. The predicted octanol–water partition coefficient (Wildman–Crippen LogP) is 0.590. The first-order valence-corrected chi connectivity index (χ1v) is 5.39. The highest BCUT2D eigenvalue weighted by atomic mass is 19.1. The maximum absolute atomic E-state index is 13.6. The average Bonchev–Trinajstić information content (AvgIpc) is 2.33.